The van der Waals surface area contributed by atoms with Gasteiger partial charge in [0.2, 0.25) is 17.6 Å². The highest BCUT2D eigenvalue weighted by Crippen LogP contribution is 2.32. The summed E-state index contributed by atoms with van der Waals surface area (Å²) in [7, 11) is 0. The molecule has 0 unspecified atom stereocenters. The summed E-state index contributed by atoms with van der Waals surface area (Å²) < 4.78 is 18.4. The Balaban J connectivity index is 2.45. The molecule has 0 saturated carbocycles. The van der Waals surface area contributed by atoms with Gasteiger partial charge in [0.25, 0.3) is 0 Å². The summed E-state index contributed by atoms with van der Waals surface area (Å²) in [6.45, 7) is 1.64. The van der Waals surface area contributed by atoms with E-state index in [4.69, 9.17) is 10.5 Å². The minimum Gasteiger partial charge on any atom is -0.431 e. The van der Waals surface area contributed by atoms with E-state index >= 15 is 0 Å². The van der Waals surface area contributed by atoms with E-state index in [0.29, 0.717) is 5.56 Å². The van der Waals surface area contributed by atoms with Crippen LogP contribution in [0.15, 0.2) is 24.4 Å². The van der Waals surface area contributed by atoms with Gasteiger partial charge < -0.3 is 10.5 Å². The minimum absolute atomic E-state index is 0.0420. The van der Waals surface area contributed by atoms with E-state index in [0.717, 1.165) is 18.2 Å². The highest BCUT2D eigenvalue weighted by molar-refractivity contribution is 5.48. The molecule has 1 aromatic heterocycles. The standard InChI is InChI=1S/C11H9FN4O3/c1-6-5-14-11(13)15-10(6)19-9-4-7(12)2-3-8(9)16(17)18/h2-5H,1H3,(H2,13,14,15). The average molecular weight is 264 g/mol. The largest absolute Gasteiger partial charge is 0.431 e. The van der Waals surface area contributed by atoms with E-state index in [1.165, 1.54) is 6.20 Å². The Hall–Kier alpha value is -2.77. The number of ether oxygens (including phenoxy) is 1. The van der Waals surface area contributed by atoms with Gasteiger partial charge >= 0.3 is 5.69 Å². The number of aryl methyl sites for hydroxylation is 1. The molecule has 19 heavy (non-hydrogen) atoms. The molecule has 2 N–H and O–H groups in total. The maximum Gasteiger partial charge on any atom is 0.311 e. The second-order valence-corrected chi connectivity index (χ2v) is 3.69. The summed E-state index contributed by atoms with van der Waals surface area (Å²) in [5, 5.41) is 10.8. The maximum absolute atomic E-state index is 13.1. The summed E-state index contributed by atoms with van der Waals surface area (Å²) >= 11 is 0. The van der Waals surface area contributed by atoms with Crippen LogP contribution in [0.1, 0.15) is 5.56 Å². The highest BCUT2D eigenvalue weighted by Gasteiger charge is 2.18. The number of nitro benzene ring substituents is 1. The number of nitrogen functional groups attached to an aromatic ring is 1. The van der Waals surface area contributed by atoms with Crippen LogP contribution < -0.4 is 10.5 Å². The molecule has 2 rings (SSSR count). The molecule has 0 aliphatic rings. The van der Waals surface area contributed by atoms with Crippen molar-refractivity contribution >= 4 is 11.6 Å². The van der Waals surface area contributed by atoms with Crippen LogP contribution >= 0.6 is 0 Å². The van der Waals surface area contributed by atoms with Gasteiger partial charge in [0.05, 0.1) is 4.92 Å². The van der Waals surface area contributed by atoms with Crippen molar-refractivity contribution in [2.45, 2.75) is 6.92 Å². The van der Waals surface area contributed by atoms with E-state index in [9.17, 15) is 14.5 Å². The summed E-state index contributed by atoms with van der Waals surface area (Å²) in [5.74, 6) is -0.896. The Kier molecular flexibility index (Phi) is 3.23. The topological polar surface area (TPSA) is 104 Å². The Morgan fingerprint density at radius 2 is 2.21 bits per heavy atom. The Labute approximate surface area is 107 Å². The number of anilines is 1. The molecule has 2 aromatic rings. The second-order valence-electron chi connectivity index (χ2n) is 3.69. The van der Waals surface area contributed by atoms with Gasteiger partial charge in [-0.2, -0.15) is 4.98 Å². The molecule has 98 valence electrons. The van der Waals surface area contributed by atoms with Crippen LogP contribution in [0.25, 0.3) is 0 Å². The average Bonchev–Trinajstić information content (AvgIpc) is 2.33. The van der Waals surface area contributed by atoms with Gasteiger partial charge in [-0.3, -0.25) is 10.1 Å². The Bertz CT molecular complexity index is 648. The summed E-state index contributed by atoms with van der Waals surface area (Å²) in [4.78, 5) is 17.7. The number of benzene rings is 1. The fraction of sp³-hybridized carbons (Fsp3) is 0.0909. The van der Waals surface area contributed by atoms with Crippen molar-refractivity contribution in [1.82, 2.24) is 9.97 Å². The summed E-state index contributed by atoms with van der Waals surface area (Å²) in [5.41, 5.74) is 5.56. The van der Waals surface area contributed by atoms with Crippen molar-refractivity contribution in [3.63, 3.8) is 0 Å². The third kappa shape index (κ3) is 2.73. The van der Waals surface area contributed by atoms with Crippen molar-refractivity contribution in [1.29, 1.82) is 0 Å². The van der Waals surface area contributed by atoms with Gasteiger partial charge in [0.15, 0.2) is 0 Å². The zero-order chi connectivity index (χ0) is 14.0. The van der Waals surface area contributed by atoms with Crippen molar-refractivity contribution < 1.29 is 14.1 Å². The van der Waals surface area contributed by atoms with E-state index < -0.39 is 10.7 Å². The summed E-state index contributed by atoms with van der Waals surface area (Å²) in [6, 6.07) is 2.91. The number of nitro groups is 1. The van der Waals surface area contributed by atoms with Crippen LogP contribution in [0, 0.1) is 22.9 Å². The molecule has 0 aliphatic heterocycles. The van der Waals surface area contributed by atoms with Crippen LogP contribution in [-0.2, 0) is 0 Å². The third-order valence-corrected chi connectivity index (χ3v) is 2.27. The van der Waals surface area contributed by atoms with Crippen molar-refractivity contribution in [2.24, 2.45) is 0 Å². The van der Waals surface area contributed by atoms with Crippen LogP contribution in [0.4, 0.5) is 16.0 Å². The zero-order valence-electron chi connectivity index (χ0n) is 9.83. The first-order chi connectivity index (χ1) is 8.97. The van der Waals surface area contributed by atoms with Gasteiger partial charge in [0, 0.05) is 23.9 Å². The van der Waals surface area contributed by atoms with Gasteiger partial charge in [-0.25, -0.2) is 9.37 Å². The predicted molar refractivity (Wildman–Crippen MR) is 64.3 cm³/mol. The monoisotopic (exact) mass is 264 g/mol. The van der Waals surface area contributed by atoms with Gasteiger partial charge in [-0.15, -0.1) is 0 Å². The number of aromatic nitrogens is 2. The molecule has 0 atom stereocenters. The molecule has 0 radical (unpaired) electrons. The highest BCUT2D eigenvalue weighted by atomic mass is 19.1. The normalized spacial score (nSPS) is 10.2. The van der Waals surface area contributed by atoms with Gasteiger partial charge in [-0.1, -0.05) is 0 Å². The number of rotatable bonds is 3. The number of nitrogens with two attached hydrogens (primary N) is 1. The zero-order valence-corrected chi connectivity index (χ0v) is 9.83. The second kappa shape index (κ2) is 4.84. The van der Waals surface area contributed by atoms with Crippen molar-refractivity contribution in [3.05, 3.63) is 45.9 Å². The van der Waals surface area contributed by atoms with Crippen molar-refractivity contribution in [3.8, 4) is 11.6 Å². The number of nitrogens with zero attached hydrogens (tertiary/aromatic N) is 3. The maximum atomic E-state index is 13.1. The molecule has 1 aromatic carbocycles. The molecular formula is C11H9FN4O3. The first kappa shape index (κ1) is 12.7. The van der Waals surface area contributed by atoms with E-state index in [-0.39, 0.29) is 23.3 Å². The first-order valence-corrected chi connectivity index (χ1v) is 5.18. The fourth-order valence-electron chi connectivity index (χ4n) is 1.37. The lowest BCUT2D eigenvalue weighted by molar-refractivity contribution is -0.385. The van der Waals surface area contributed by atoms with Crippen molar-refractivity contribution in [2.75, 3.05) is 5.73 Å². The molecule has 0 bridgehead atoms. The van der Waals surface area contributed by atoms with Crippen LogP contribution in [0.3, 0.4) is 0 Å². The Morgan fingerprint density at radius 1 is 1.47 bits per heavy atom. The van der Waals surface area contributed by atoms with E-state index in [2.05, 4.69) is 9.97 Å². The first-order valence-electron chi connectivity index (χ1n) is 5.18. The molecule has 0 amide bonds. The van der Waals surface area contributed by atoms with E-state index in [1.54, 1.807) is 6.92 Å². The molecule has 0 aliphatic carbocycles. The fourth-order valence-corrected chi connectivity index (χ4v) is 1.37. The molecule has 0 saturated heterocycles. The van der Waals surface area contributed by atoms with Crippen LogP contribution in [0.2, 0.25) is 0 Å². The van der Waals surface area contributed by atoms with E-state index in [1.807, 2.05) is 0 Å². The van der Waals surface area contributed by atoms with Crippen LogP contribution in [-0.4, -0.2) is 14.9 Å². The molecule has 0 spiro atoms. The molecule has 7 nitrogen and oxygen atoms in total. The lowest BCUT2D eigenvalue weighted by atomic mass is 10.3. The van der Waals surface area contributed by atoms with Gasteiger partial charge in [0.1, 0.15) is 5.82 Å². The quantitative estimate of drug-likeness (QED) is 0.673. The Morgan fingerprint density at radius 3 is 2.89 bits per heavy atom. The molecule has 0 fully saturated rings. The lowest BCUT2D eigenvalue weighted by Crippen LogP contribution is -2.00. The molecule has 1 heterocycles. The number of hydrogen-bond acceptors (Lipinski definition) is 6. The minimum atomic E-state index is -0.672. The number of halogens is 1. The lowest BCUT2D eigenvalue weighted by Gasteiger charge is -2.07. The van der Waals surface area contributed by atoms with Crippen LogP contribution in [0.5, 0.6) is 11.6 Å². The molecular weight excluding hydrogens is 255 g/mol. The van der Waals surface area contributed by atoms with Gasteiger partial charge in [-0.05, 0) is 13.0 Å². The smallest absolute Gasteiger partial charge is 0.311 e. The third-order valence-electron chi connectivity index (χ3n) is 2.27. The summed E-state index contributed by atoms with van der Waals surface area (Å²) in [6.07, 6.45) is 1.41. The SMILES string of the molecule is Cc1cnc(N)nc1Oc1cc(F)ccc1[N+](=O)[O-]. The predicted octanol–water partition coefficient (Wildman–Crippen LogP) is 2.21. The molecule has 8 heteroatoms. The number of hydrogen-bond donors (Lipinski definition) is 1.